The van der Waals surface area contributed by atoms with Gasteiger partial charge in [0.15, 0.2) is 0 Å². The Morgan fingerprint density at radius 3 is 3.00 bits per heavy atom. The number of rotatable bonds is 2. The minimum Gasteiger partial charge on any atom is -0.480 e. The molecule has 3 N–H and O–H groups in total. The van der Waals surface area contributed by atoms with E-state index < -0.39 is 12.0 Å². The molecule has 0 radical (unpaired) electrons. The van der Waals surface area contributed by atoms with Crippen molar-refractivity contribution >= 4 is 5.97 Å². The summed E-state index contributed by atoms with van der Waals surface area (Å²) in [6.07, 6.45) is 2.17. The SMILES string of the molecule is NC(C(=O)O)C1CCCc2c(F)cccc21. The fraction of sp³-hybridized carbons (Fsp3) is 0.417. The Morgan fingerprint density at radius 1 is 1.56 bits per heavy atom. The van der Waals surface area contributed by atoms with Crippen LogP contribution in [0.4, 0.5) is 4.39 Å². The van der Waals surface area contributed by atoms with Gasteiger partial charge in [0.1, 0.15) is 11.9 Å². The average molecular weight is 223 g/mol. The monoisotopic (exact) mass is 223 g/mol. The Labute approximate surface area is 93.1 Å². The van der Waals surface area contributed by atoms with Gasteiger partial charge in [0.2, 0.25) is 0 Å². The smallest absolute Gasteiger partial charge is 0.321 e. The maximum absolute atomic E-state index is 13.5. The molecule has 86 valence electrons. The van der Waals surface area contributed by atoms with Crippen molar-refractivity contribution in [2.75, 3.05) is 0 Å². The van der Waals surface area contributed by atoms with E-state index in [0.29, 0.717) is 18.4 Å². The standard InChI is InChI=1S/C12H14FNO2/c13-10-6-2-3-7-8(10)4-1-5-9(7)11(14)12(15)16/h2-3,6,9,11H,1,4-5,14H2,(H,15,16). The second-order valence-corrected chi connectivity index (χ2v) is 4.17. The molecule has 1 aliphatic rings. The Hall–Kier alpha value is -1.42. The normalized spacial score (nSPS) is 21.2. The third-order valence-corrected chi connectivity index (χ3v) is 3.22. The van der Waals surface area contributed by atoms with Crippen molar-refractivity contribution < 1.29 is 14.3 Å². The minimum absolute atomic E-state index is 0.250. The highest BCUT2D eigenvalue weighted by atomic mass is 19.1. The van der Waals surface area contributed by atoms with E-state index in [2.05, 4.69) is 0 Å². The number of nitrogens with two attached hydrogens (primary N) is 1. The molecule has 16 heavy (non-hydrogen) atoms. The average Bonchev–Trinajstić information content (AvgIpc) is 2.28. The van der Waals surface area contributed by atoms with E-state index in [9.17, 15) is 9.18 Å². The van der Waals surface area contributed by atoms with E-state index in [0.717, 1.165) is 12.0 Å². The fourth-order valence-electron chi connectivity index (χ4n) is 2.39. The van der Waals surface area contributed by atoms with Crippen LogP contribution in [0.25, 0.3) is 0 Å². The molecule has 0 aromatic heterocycles. The van der Waals surface area contributed by atoms with Crippen molar-refractivity contribution in [2.45, 2.75) is 31.2 Å². The third kappa shape index (κ3) is 1.80. The summed E-state index contributed by atoms with van der Waals surface area (Å²) >= 11 is 0. The van der Waals surface area contributed by atoms with Gasteiger partial charge in [-0.3, -0.25) is 4.79 Å². The van der Waals surface area contributed by atoms with Crippen molar-refractivity contribution in [2.24, 2.45) is 5.73 Å². The molecule has 0 spiro atoms. The molecule has 0 saturated carbocycles. The number of fused-ring (bicyclic) bond motifs is 1. The first kappa shape index (κ1) is 11.1. The number of carboxylic acid groups (broad SMARTS) is 1. The maximum Gasteiger partial charge on any atom is 0.321 e. The predicted molar refractivity (Wildman–Crippen MR) is 57.7 cm³/mol. The fourth-order valence-corrected chi connectivity index (χ4v) is 2.39. The number of benzene rings is 1. The lowest BCUT2D eigenvalue weighted by atomic mass is 9.79. The van der Waals surface area contributed by atoms with Crippen LogP contribution in [0.3, 0.4) is 0 Å². The molecule has 0 amide bonds. The van der Waals surface area contributed by atoms with E-state index in [1.807, 2.05) is 0 Å². The Kier molecular flexibility index (Phi) is 2.92. The van der Waals surface area contributed by atoms with Gasteiger partial charge >= 0.3 is 5.97 Å². The summed E-state index contributed by atoms with van der Waals surface area (Å²) < 4.78 is 13.5. The molecule has 0 fully saturated rings. The van der Waals surface area contributed by atoms with Gasteiger partial charge in [-0.15, -0.1) is 0 Å². The molecule has 0 aliphatic heterocycles. The number of carboxylic acids is 1. The molecule has 0 bridgehead atoms. The zero-order valence-corrected chi connectivity index (χ0v) is 8.82. The van der Waals surface area contributed by atoms with Crippen LogP contribution in [0.1, 0.15) is 29.9 Å². The first-order chi connectivity index (χ1) is 7.61. The van der Waals surface area contributed by atoms with Crippen molar-refractivity contribution in [3.63, 3.8) is 0 Å². The number of hydrogen-bond acceptors (Lipinski definition) is 2. The van der Waals surface area contributed by atoms with E-state index in [1.54, 1.807) is 12.1 Å². The largest absolute Gasteiger partial charge is 0.480 e. The van der Waals surface area contributed by atoms with Gasteiger partial charge in [0.05, 0.1) is 0 Å². The molecule has 0 heterocycles. The lowest BCUT2D eigenvalue weighted by molar-refractivity contribution is -0.139. The predicted octanol–water partition coefficient (Wildman–Crippen LogP) is 1.66. The van der Waals surface area contributed by atoms with Gasteiger partial charge in [0, 0.05) is 5.92 Å². The van der Waals surface area contributed by atoms with Crippen LogP contribution in [0.5, 0.6) is 0 Å². The third-order valence-electron chi connectivity index (χ3n) is 3.22. The molecule has 0 saturated heterocycles. The van der Waals surface area contributed by atoms with Crippen LogP contribution < -0.4 is 5.73 Å². The molecule has 3 nitrogen and oxygen atoms in total. The molecule has 1 aliphatic carbocycles. The minimum atomic E-state index is -1.03. The summed E-state index contributed by atoms with van der Waals surface area (Å²) in [5.41, 5.74) is 7.03. The molecule has 2 atom stereocenters. The number of aliphatic carboxylic acids is 1. The topological polar surface area (TPSA) is 63.3 Å². The lowest BCUT2D eigenvalue weighted by Gasteiger charge is -2.28. The molecule has 2 rings (SSSR count). The Bertz CT molecular complexity index is 419. The summed E-state index contributed by atoms with van der Waals surface area (Å²) in [6, 6.07) is 3.86. The first-order valence-electron chi connectivity index (χ1n) is 5.37. The Balaban J connectivity index is 2.40. The van der Waals surface area contributed by atoms with Crippen LogP contribution in [0.2, 0.25) is 0 Å². The van der Waals surface area contributed by atoms with Crippen LogP contribution in [-0.4, -0.2) is 17.1 Å². The molecule has 1 aromatic rings. The van der Waals surface area contributed by atoms with Crippen LogP contribution >= 0.6 is 0 Å². The molecule has 2 unspecified atom stereocenters. The van der Waals surface area contributed by atoms with Crippen molar-refractivity contribution in [3.8, 4) is 0 Å². The molecule has 4 heteroatoms. The van der Waals surface area contributed by atoms with E-state index in [4.69, 9.17) is 10.8 Å². The lowest BCUT2D eigenvalue weighted by Crippen LogP contribution is -2.38. The van der Waals surface area contributed by atoms with Gasteiger partial charge in [-0.25, -0.2) is 4.39 Å². The summed E-state index contributed by atoms with van der Waals surface area (Å²) in [7, 11) is 0. The highest BCUT2D eigenvalue weighted by molar-refractivity contribution is 5.74. The molecule has 1 aromatic carbocycles. The summed E-state index contributed by atoms with van der Waals surface area (Å²) in [5.74, 6) is -1.54. The number of halogens is 1. The van der Waals surface area contributed by atoms with Crippen LogP contribution in [-0.2, 0) is 11.2 Å². The summed E-state index contributed by atoms with van der Waals surface area (Å²) in [6.45, 7) is 0. The number of carbonyl (C=O) groups is 1. The van der Waals surface area contributed by atoms with Crippen molar-refractivity contribution in [1.82, 2.24) is 0 Å². The van der Waals surface area contributed by atoms with E-state index >= 15 is 0 Å². The van der Waals surface area contributed by atoms with Gasteiger partial charge in [-0.1, -0.05) is 12.1 Å². The van der Waals surface area contributed by atoms with Gasteiger partial charge < -0.3 is 10.8 Å². The van der Waals surface area contributed by atoms with E-state index in [-0.39, 0.29) is 11.7 Å². The second-order valence-electron chi connectivity index (χ2n) is 4.17. The highest BCUT2D eigenvalue weighted by Gasteiger charge is 2.30. The second kappa shape index (κ2) is 4.22. The highest BCUT2D eigenvalue weighted by Crippen LogP contribution is 2.34. The quantitative estimate of drug-likeness (QED) is 0.801. The summed E-state index contributed by atoms with van der Waals surface area (Å²) in [5, 5.41) is 8.91. The van der Waals surface area contributed by atoms with Crippen LogP contribution in [0, 0.1) is 5.82 Å². The zero-order chi connectivity index (χ0) is 11.7. The Morgan fingerprint density at radius 2 is 2.31 bits per heavy atom. The van der Waals surface area contributed by atoms with Crippen LogP contribution in [0.15, 0.2) is 18.2 Å². The zero-order valence-electron chi connectivity index (χ0n) is 8.82. The first-order valence-corrected chi connectivity index (χ1v) is 5.37. The molecular weight excluding hydrogens is 209 g/mol. The van der Waals surface area contributed by atoms with E-state index in [1.165, 1.54) is 6.07 Å². The van der Waals surface area contributed by atoms with Gasteiger partial charge in [0.25, 0.3) is 0 Å². The maximum atomic E-state index is 13.5. The van der Waals surface area contributed by atoms with Gasteiger partial charge in [-0.2, -0.15) is 0 Å². The van der Waals surface area contributed by atoms with Crippen molar-refractivity contribution in [3.05, 3.63) is 35.1 Å². The molecular formula is C12H14FNO2. The van der Waals surface area contributed by atoms with Gasteiger partial charge in [-0.05, 0) is 36.5 Å². The van der Waals surface area contributed by atoms with Crippen molar-refractivity contribution in [1.29, 1.82) is 0 Å². The summed E-state index contributed by atoms with van der Waals surface area (Å²) in [4.78, 5) is 10.9. The number of hydrogen-bond donors (Lipinski definition) is 2.